The van der Waals surface area contributed by atoms with E-state index in [1.54, 1.807) is 20.0 Å². The molecular formula is C13H13ClN2O2S. The van der Waals surface area contributed by atoms with Crippen molar-refractivity contribution in [3.05, 3.63) is 55.1 Å². The highest BCUT2D eigenvalue weighted by Gasteiger charge is 2.16. The van der Waals surface area contributed by atoms with E-state index in [1.165, 1.54) is 28.5 Å². The average Bonchev–Trinajstić information content (AvgIpc) is 2.74. The van der Waals surface area contributed by atoms with Crippen molar-refractivity contribution >= 4 is 28.8 Å². The molecule has 19 heavy (non-hydrogen) atoms. The number of H-pyrrole nitrogens is 1. The Bertz CT molecular complexity index is 663. The Morgan fingerprint density at radius 1 is 1.47 bits per heavy atom. The number of aromatic nitrogens is 1. The molecule has 0 aromatic carbocycles. The van der Waals surface area contributed by atoms with Crippen molar-refractivity contribution in [1.82, 2.24) is 9.88 Å². The maximum absolute atomic E-state index is 12.2. The molecule has 0 aliphatic heterocycles. The van der Waals surface area contributed by atoms with Gasteiger partial charge < -0.3 is 9.88 Å². The third-order valence-electron chi connectivity index (χ3n) is 2.66. The van der Waals surface area contributed by atoms with Crippen LogP contribution in [0.2, 0.25) is 4.34 Å². The van der Waals surface area contributed by atoms with E-state index in [2.05, 4.69) is 4.98 Å². The third-order valence-corrected chi connectivity index (χ3v) is 3.87. The van der Waals surface area contributed by atoms with E-state index in [0.29, 0.717) is 10.9 Å². The minimum Gasteiger partial charge on any atom is -0.364 e. The van der Waals surface area contributed by atoms with Gasteiger partial charge in [-0.25, -0.2) is 0 Å². The molecule has 0 spiro atoms. The normalized spacial score (nSPS) is 10.5. The van der Waals surface area contributed by atoms with Crippen molar-refractivity contribution in [2.24, 2.45) is 0 Å². The van der Waals surface area contributed by atoms with Crippen LogP contribution in [0.4, 0.5) is 0 Å². The summed E-state index contributed by atoms with van der Waals surface area (Å²) in [6, 6.07) is 5.08. The van der Waals surface area contributed by atoms with E-state index >= 15 is 0 Å². The van der Waals surface area contributed by atoms with E-state index in [1.807, 2.05) is 6.07 Å². The molecule has 0 fully saturated rings. The summed E-state index contributed by atoms with van der Waals surface area (Å²) in [6.07, 6.45) is 1.46. The van der Waals surface area contributed by atoms with Gasteiger partial charge in [0.1, 0.15) is 5.56 Å². The van der Waals surface area contributed by atoms with Gasteiger partial charge in [-0.15, -0.1) is 11.3 Å². The maximum atomic E-state index is 12.2. The topological polar surface area (TPSA) is 53.2 Å². The number of carbonyl (C=O) groups is 1. The Hall–Kier alpha value is -1.59. The van der Waals surface area contributed by atoms with E-state index in [-0.39, 0.29) is 16.9 Å². The first kappa shape index (κ1) is 13.8. The van der Waals surface area contributed by atoms with Crippen molar-refractivity contribution in [3.63, 3.8) is 0 Å². The molecule has 0 radical (unpaired) electrons. The number of hydrogen-bond acceptors (Lipinski definition) is 3. The zero-order valence-electron chi connectivity index (χ0n) is 10.6. The lowest BCUT2D eigenvalue weighted by molar-refractivity contribution is 0.0785. The molecule has 1 amide bonds. The van der Waals surface area contributed by atoms with E-state index in [4.69, 9.17) is 11.6 Å². The second-order valence-electron chi connectivity index (χ2n) is 4.26. The van der Waals surface area contributed by atoms with Crippen LogP contribution in [0, 0.1) is 6.92 Å². The molecule has 0 bridgehead atoms. The number of nitrogens with one attached hydrogen (secondary N) is 1. The Labute approximate surface area is 119 Å². The molecule has 100 valence electrons. The molecule has 0 atom stereocenters. The molecule has 1 N–H and O–H groups in total. The van der Waals surface area contributed by atoms with Crippen molar-refractivity contribution in [1.29, 1.82) is 0 Å². The number of nitrogens with zero attached hydrogens (tertiary/aromatic N) is 1. The Balaban J connectivity index is 2.17. The fraction of sp³-hybridized carbons (Fsp3) is 0.231. The summed E-state index contributed by atoms with van der Waals surface area (Å²) >= 11 is 7.26. The molecular weight excluding hydrogens is 284 g/mol. The van der Waals surface area contributed by atoms with E-state index < -0.39 is 0 Å². The number of rotatable bonds is 3. The summed E-state index contributed by atoms with van der Waals surface area (Å²) in [5.41, 5.74) is 0.613. The SMILES string of the molecule is Cc1cc(=O)c(C(=O)N(C)Cc2ccc(Cl)s2)c[nH]1. The van der Waals surface area contributed by atoms with E-state index in [0.717, 1.165) is 10.6 Å². The summed E-state index contributed by atoms with van der Waals surface area (Å²) in [6.45, 7) is 2.20. The van der Waals surface area contributed by atoms with Gasteiger partial charge in [0.25, 0.3) is 5.91 Å². The van der Waals surface area contributed by atoms with E-state index in [9.17, 15) is 9.59 Å². The predicted octanol–water partition coefficient (Wildman–Crippen LogP) is 2.67. The van der Waals surface area contributed by atoms with Crippen LogP contribution >= 0.6 is 22.9 Å². The van der Waals surface area contributed by atoms with Gasteiger partial charge in [0.15, 0.2) is 5.43 Å². The number of carbonyl (C=O) groups excluding carboxylic acids is 1. The Kier molecular flexibility index (Phi) is 4.07. The zero-order valence-corrected chi connectivity index (χ0v) is 12.1. The monoisotopic (exact) mass is 296 g/mol. The molecule has 0 aliphatic rings. The summed E-state index contributed by atoms with van der Waals surface area (Å²) in [7, 11) is 1.66. The zero-order chi connectivity index (χ0) is 14.0. The van der Waals surface area contributed by atoms with Crippen molar-refractivity contribution < 1.29 is 4.79 Å². The molecule has 2 aromatic rings. The second kappa shape index (κ2) is 5.59. The minimum atomic E-state index is -0.300. The standard InChI is InChI=1S/C13H13ClN2O2S/c1-8-5-11(17)10(6-15-8)13(18)16(2)7-9-3-4-12(14)19-9/h3-6H,7H2,1-2H3,(H,15,17). The number of hydrogen-bond donors (Lipinski definition) is 1. The highest BCUT2D eigenvalue weighted by molar-refractivity contribution is 7.16. The smallest absolute Gasteiger partial charge is 0.259 e. The van der Waals surface area contributed by atoms with Crippen LogP contribution < -0.4 is 5.43 Å². The third kappa shape index (κ3) is 3.24. The van der Waals surface area contributed by atoms with Crippen LogP contribution in [0.5, 0.6) is 0 Å². The van der Waals surface area contributed by atoms with Crippen molar-refractivity contribution in [2.45, 2.75) is 13.5 Å². The summed E-state index contributed by atoms with van der Waals surface area (Å²) < 4.78 is 0.684. The lowest BCUT2D eigenvalue weighted by Crippen LogP contribution is -2.30. The van der Waals surface area contributed by atoms with Gasteiger partial charge in [0.05, 0.1) is 10.9 Å². The lowest BCUT2D eigenvalue weighted by Gasteiger charge is -2.15. The van der Waals surface area contributed by atoms with Crippen LogP contribution in [0.1, 0.15) is 20.9 Å². The first-order valence-corrected chi connectivity index (χ1v) is 6.86. The summed E-state index contributed by atoms with van der Waals surface area (Å²) in [5, 5.41) is 0. The molecule has 0 saturated carbocycles. The molecule has 2 aromatic heterocycles. The number of thiophene rings is 1. The molecule has 2 rings (SSSR count). The molecule has 0 saturated heterocycles. The Morgan fingerprint density at radius 2 is 2.21 bits per heavy atom. The second-order valence-corrected chi connectivity index (χ2v) is 6.06. The van der Waals surface area contributed by atoms with Gasteiger partial charge in [-0.3, -0.25) is 9.59 Å². The quantitative estimate of drug-likeness (QED) is 0.947. The predicted molar refractivity (Wildman–Crippen MR) is 76.9 cm³/mol. The minimum absolute atomic E-state index is 0.149. The molecule has 6 heteroatoms. The van der Waals surface area contributed by atoms with Crippen LogP contribution in [0.3, 0.4) is 0 Å². The van der Waals surface area contributed by atoms with Crippen molar-refractivity contribution in [2.75, 3.05) is 7.05 Å². The average molecular weight is 297 g/mol. The highest BCUT2D eigenvalue weighted by atomic mass is 35.5. The van der Waals surface area contributed by atoms with Gasteiger partial charge in [0, 0.05) is 29.9 Å². The number of halogens is 1. The molecule has 4 nitrogen and oxygen atoms in total. The van der Waals surface area contributed by atoms with Gasteiger partial charge in [-0.2, -0.15) is 0 Å². The van der Waals surface area contributed by atoms with Gasteiger partial charge in [-0.05, 0) is 19.1 Å². The summed E-state index contributed by atoms with van der Waals surface area (Å²) in [4.78, 5) is 29.3. The number of aryl methyl sites for hydroxylation is 1. The highest BCUT2D eigenvalue weighted by Crippen LogP contribution is 2.22. The molecule has 0 aliphatic carbocycles. The van der Waals surface area contributed by atoms with Crippen LogP contribution in [0.15, 0.2) is 29.2 Å². The summed E-state index contributed by atoms with van der Waals surface area (Å²) in [5.74, 6) is -0.300. The fourth-order valence-corrected chi connectivity index (χ4v) is 2.83. The van der Waals surface area contributed by atoms with Crippen LogP contribution in [-0.4, -0.2) is 22.8 Å². The van der Waals surface area contributed by atoms with Gasteiger partial charge in [-0.1, -0.05) is 11.6 Å². The van der Waals surface area contributed by atoms with Crippen LogP contribution in [0.25, 0.3) is 0 Å². The number of amides is 1. The lowest BCUT2D eigenvalue weighted by atomic mass is 10.2. The Morgan fingerprint density at radius 3 is 2.79 bits per heavy atom. The first-order chi connectivity index (χ1) is 8.97. The van der Waals surface area contributed by atoms with Gasteiger partial charge in [0.2, 0.25) is 0 Å². The largest absolute Gasteiger partial charge is 0.364 e. The number of pyridine rings is 1. The first-order valence-electron chi connectivity index (χ1n) is 5.66. The molecule has 2 heterocycles. The molecule has 0 unspecified atom stereocenters. The van der Waals surface area contributed by atoms with Crippen molar-refractivity contribution in [3.8, 4) is 0 Å². The van der Waals surface area contributed by atoms with Crippen LogP contribution in [-0.2, 0) is 6.54 Å². The maximum Gasteiger partial charge on any atom is 0.259 e. The fourth-order valence-electron chi connectivity index (χ4n) is 1.69. The van der Waals surface area contributed by atoms with Gasteiger partial charge >= 0.3 is 0 Å². The number of aromatic amines is 1.